The molecular weight excluding hydrogens is 419 g/mol. The Balaban J connectivity index is 0.00000288. The van der Waals surface area contributed by atoms with Crippen LogP contribution < -0.4 is 10.6 Å². The lowest BCUT2D eigenvalue weighted by molar-refractivity contribution is 0.105. The number of hydrogen-bond acceptors (Lipinski definition) is 4. The Bertz CT molecular complexity index is 453. The number of nitrogens with one attached hydrogen (secondary N) is 2. The van der Waals surface area contributed by atoms with Crippen molar-refractivity contribution in [1.82, 2.24) is 15.5 Å². The standard InChI is InChI=1S/C17H30N4O2.HI/c1-3-18-17(20-12-15-7-9-21(2)13-15)19-8-5-10-22-14-16-6-4-11-23-16;/h4,6,11,15H,3,5,7-10,12-14H2,1-2H3,(H2,18,19,20);1H. The first kappa shape index (κ1) is 21.2. The summed E-state index contributed by atoms with van der Waals surface area (Å²) in [5, 5.41) is 6.67. The van der Waals surface area contributed by atoms with Gasteiger partial charge in [-0.1, -0.05) is 0 Å². The molecule has 1 aromatic heterocycles. The average Bonchev–Trinajstić information content (AvgIpc) is 3.19. The molecule has 2 heterocycles. The molecule has 0 aliphatic carbocycles. The zero-order valence-electron chi connectivity index (χ0n) is 14.8. The molecule has 1 aliphatic heterocycles. The summed E-state index contributed by atoms with van der Waals surface area (Å²) in [7, 11) is 2.18. The second-order valence-corrected chi connectivity index (χ2v) is 6.05. The zero-order chi connectivity index (χ0) is 16.3. The number of likely N-dealkylation sites (tertiary alicyclic amines) is 1. The maximum Gasteiger partial charge on any atom is 0.191 e. The SMILES string of the molecule is CCNC(=NCC1CCN(C)C1)NCCCOCc1ccco1.I. The van der Waals surface area contributed by atoms with Gasteiger partial charge in [0.2, 0.25) is 0 Å². The topological polar surface area (TPSA) is 62.0 Å². The highest BCUT2D eigenvalue weighted by atomic mass is 127. The van der Waals surface area contributed by atoms with Crippen LogP contribution in [0.4, 0.5) is 0 Å². The van der Waals surface area contributed by atoms with Crippen molar-refractivity contribution < 1.29 is 9.15 Å². The molecule has 0 saturated carbocycles. The monoisotopic (exact) mass is 450 g/mol. The van der Waals surface area contributed by atoms with Gasteiger partial charge >= 0.3 is 0 Å². The zero-order valence-corrected chi connectivity index (χ0v) is 17.1. The summed E-state index contributed by atoms with van der Waals surface area (Å²) >= 11 is 0. The van der Waals surface area contributed by atoms with E-state index in [1.165, 1.54) is 13.0 Å². The van der Waals surface area contributed by atoms with Crippen molar-refractivity contribution in [3.63, 3.8) is 0 Å². The summed E-state index contributed by atoms with van der Waals surface area (Å²) in [6.45, 7) is 8.32. The van der Waals surface area contributed by atoms with Crippen LogP contribution >= 0.6 is 24.0 Å². The van der Waals surface area contributed by atoms with Crippen LogP contribution in [0.2, 0.25) is 0 Å². The van der Waals surface area contributed by atoms with Crippen molar-refractivity contribution in [2.75, 3.05) is 46.4 Å². The number of nitrogens with zero attached hydrogens (tertiary/aromatic N) is 2. The molecule has 138 valence electrons. The molecule has 0 aromatic carbocycles. The molecule has 1 unspecified atom stereocenters. The Hall–Kier alpha value is -0.800. The fourth-order valence-electron chi connectivity index (χ4n) is 2.69. The first-order valence-corrected chi connectivity index (χ1v) is 8.58. The van der Waals surface area contributed by atoms with E-state index in [0.717, 1.165) is 44.3 Å². The molecule has 1 aliphatic rings. The van der Waals surface area contributed by atoms with E-state index in [9.17, 15) is 0 Å². The highest BCUT2D eigenvalue weighted by molar-refractivity contribution is 14.0. The molecule has 1 fully saturated rings. The van der Waals surface area contributed by atoms with Crippen LogP contribution in [-0.2, 0) is 11.3 Å². The van der Waals surface area contributed by atoms with Crippen LogP contribution in [0.25, 0.3) is 0 Å². The molecule has 24 heavy (non-hydrogen) atoms. The maximum absolute atomic E-state index is 5.57. The van der Waals surface area contributed by atoms with Crippen molar-refractivity contribution in [3.05, 3.63) is 24.2 Å². The molecule has 0 radical (unpaired) electrons. The number of hydrogen-bond donors (Lipinski definition) is 2. The summed E-state index contributed by atoms with van der Waals surface area (Å²) in [4.78, 5) is 7.07. The van der Waals surface area contributed by atoms with E-state index in [2.05, 4.69) is 29.5 Å². The Morgan fingerprint density at radius 3 is 3.00 bits per heavy atom. The minimum atomic E-state index is 0. The number of halogens is 1. The third kappa shape index (κ3) is 8.34. The summed E-state index contributed by atoms with van der Waals surface area (Å²) in [6.07, 6.45) is 3.86. The first-order valence-electron chi connectivity index (χ1n) is 8.58. The second kappa shape index (κ2) is 12.5. The highest BCUT2D eigenvalue weighted by Crippen LogP contribution is 2.14. The van der Waals surface area contributed by atoms with Gasteiger partial charge < -0.3 is 24.7 Å². The van der Waals surface area contributed by atoms with Crippen LogP contribution in [0.1, 0.15) is 25.5 Å². The molecule has 6 nitrogen and oxygen atoms in total. The van der Waals surface area contributed by atoms with Gasteiger partial charge in [-0.25, -0.2) is 0 Å². The van der Waals surface area contributed by atoms with Gasteiger partial charge in [0, 0.05) is 32.8 Å². The van der Waals surface area contributed by atoms with Crippen molar-refractivity contribution in [2.45, 2.75) is 26.4 Å². The Morgan fingerprint density at radius 2 is 2.33 bits per heavy atom. The molecule has 2 N–H and O–H groups in total. The van der Waals surface area contributed by atoms with Crippen molar-refractivity contribution >= 4 is 29.9 Å². The third-order valence-electron chi connectivity index (χ3n) is 3.92. The summed E-state index contributed by atoms with van der Waals surface area (Å²) in [5.41, 5.74) is 0. The number of aliphatic imine (C=N–C) groups is 1. The highest BCUT2D eigenvalue weighted by Gasteiger charge is 2.18. The molecular formula is C17H31IN4O2. The lowest BCUT2D eigenvalue weighted by Gasteiger charge is -2.13. The van der Waals surface area contributed by atoms with Gasteiger partial charge in [-0.2, -0.15) is 0 Å². The number of ether oxygens (including phenoxy) is 1. The van der Waals surface area contributed by atoms with E-state index in [-0.39, 0.29) is 24.0 Å². The average molecular weight is 450 g/mol. The predicted octanol–water partition coefficient (Wildman–Crippen LogP) is 2.31. The number of rotatable bonds is 9. The van der Waals surface area contributed by atoms with Gasteiger partial charge in [0.1, 0.15) is 12.4 Å². The van der Waals surface area contributed by atoms with Crippen LogP contribution in [0, 0.1) is 5.92 Å². The Morgan fingerprint density at radius 1 is 1.46 bits per heavy atom. The van der Waals surface area contributed by atoms with Crippen LogP contribution in [0.15, 0.2) is 27.8 Å². The summed E-state index contributed by atoms with van der Waals surface area (Å²) < 4.78 is 10.8. The maximum atomic E-state index is 5.57. The molecule has 2 rings (SSSR count). The fourth-order valence-corrected chi connectivity index (χ4v) is 2.69. The molecule has 0 bridgehead atoms. The van der Waals surface area contributed by atoms with E-state index >= 15 is 0 Å². The minimum Gasteiger partial charge on any atom is -0.467 e. The predicted molar refractivity (Wildman–Crippen MR) is 108 cm³/mol. The van der Waals surface area contributed by atoms with Gasteiger partial charge in [0.15, 0.2) is 5.96 Å². The normalized spacial score (nSPS) is 18.4. The van der Waals surface area contributed by atoms with Crippen LogP contribution in [-0.4, -0.2) is 57.2 Å². The Labute approximate surface area is 162 Å². The van der Waals surface area contributed by atoms with Gasteiger partial charge in [0.05, 0.1) is 6.26 Å². The number of guanidine groups is 1. The van der Waals surface area contributed by atoms with E-state index < -0.39 is 0 Å². The quantitative estimate of drug-likeness (QED) is 0.262. The van der Waals surface area contributed by atoms with E-state index in [4.69, 9.17) is 14.1 Å². The smallest absolute Gasteiger partial charge is 0.191 e. The van der Waals surface area contributed by atoms with Gasteiger partial charge in [-0.15, -0.1) is 24.0 Å². The van der Waals surface area contributed by atoms with Gasteiger partial charge in [-0.3, -0.25) is 4.99 Å². The van der Waals surface area contributed by atoms with E-state index in [1.54, 1.807) is 6.26 Å². The lowest BCUT2D eigenvalue weighted by Crippen LogP contribution is -2.38. The minimum absolute atomic E-state index is 0. The van der Waals surface area contributed by atoms with Crippen molar-refractivity contribution in [3.8, 4) is 0 Å². The second-order valence-electron chi connectivity index (χ2n) is 6.05. The summed E-state index contributed by atoms with van der Waals surface area (Å²) in [6, 6.07) is 3.80. The molecule has 1 aromatic rings. The fraction of sp³-hybridized carbons (Fsp3) is 0.706. The molecule has 0 spiro atoms. The van der Waals surface area contributed by atoms with Crippen LogP contribution in [0.5, 0.6) is 0 Å². The number of furan rings is 1. The van der Waals surface area contributed by atoms with Gasteiger partial charge in [0.25, 0.3) is 0 Å². The first-order chi connectivity index (χ1) is 11.3. The van der Waals surface area contributed by atoms with E-state index in [1.807, 2.05) is 12.1 Å². The molecule has 1 saturated heterocycles. The Kier molecular flexibility index (Phi) is 11.1. The molecule has 1 atom stereocenters. The third-order valence-corrected chi connectivity index (χ3v) is 3.92. The van der Waals surface area contributed by atoms with Crippen LogP contribution in [0.3, 0.4) is 0 Å². The summed E-state index contributed by atoms with van der Waals surface area (Å²) in [5.74, 6) is 2.47. The van der Waals surface area contributed by atoms with Crippen molar-refractivity contribution in [2.24, 2.45) is 10.9 Å². The van der Waals surface area contributed by atoms with Crippen molar-refractivity contribution in [1.29, 1.82) is 0 Å². The lowest BCUT2D eigenvalue weighted by atomic mass is 10.1. The largest absolute Gasteiger partial charge is 0.467 e. The molecule has 0 amide bonds. The molecule has 7 heteroatoms. The van der Waals surface area contributed by atoms with E-state index in [0.29, 0.717) is 19.1 Å². The van der Waals surface area contributed by atoms with Gasteiger partial charge in [-0.05, 0) is 51.4 Å².